The van der Waals surface area contributed by atoms with Crippen molar-refractivity contribution >= 4 is 46.0 Å². The molecule has 0 bridgehead atoms. The van der Waals surface area contributed by atoms with E-state index < -0.39 is 6.10 Å². The van der Waals surface area contributed by atoms with Crippen LogP contribution in [0.15, 0.2) is 53.2 Å². The highest BCUT2D eigenvalue weighted by Gasteiger charge is 2.18. The van der Waals surface area contributed by atoms with E-state index in [2.05, 4.69) is 10.5 Å². The Balaban J connectivity index is 1.43. The standard InChI is InChI=1S/C20H19Cl3N2O3/c21-15-3-1-13(2-4-15)8-24-10-17(26)12-28-25-9-14-11-27-19-6-5-16(22)7-18(19)20(14)23/h1-7,9,17,24,26H,8,10-12H2/b25-9-. The van der Waals surface area contributed by atoms with Crippen molar-refractivity contribution < 1.29 is 14.7 Å². The van der Waals surface area contributed by atoms with Gasteiger partial charge in [-0.3, -0.25) is 0 Å². The molecule has 3 rings (SSSR count). The van der Waals surface area contributed by atoms with Gasteiger partial charge in [-0.1, -0.05) is 52.1 Å². The summed E-state index contributed by atoms with van der Waals surface area (Å²) in [5.41, 5.74) is 2.47. The predicted octanol–water partition coefficient (Wildman–Crippen LogP) is 4.49. The molecule has 28 heavy (non-hydrogen) atoms. The molecule has 1 aliphatic heterocycles. The van der Waals surface area contributed by atoms with Crippen LogP contribution < -0.4 is 10.1 Å². The van der Waals surface area contributed by atoms with Crippen LogP contribution in [0, 0.1) is 0 Å². The molecule has 1 aliphatic rings. The number of nitrogens with one attached hydrogen (secondary N) is 1. The van der Waals surface area contributed by atoms with Gasteiger partial charge in [0.25, 0.3) is 0 Å². The second-order valence-electron chi connectivity index (χ2n) is 6.21. The third-order valence-corrected chi connectivity index (χ3v) is 4.95. The van der Waals surface area contributed by atoms with Crippen molar-refractivity contribution in [3.8, 4) is 5.75 Å². The number of aliphatic hydroxyl groups excluding tert-OH is 1. The predicted molar refractivity (Wildman–Crippen MR) is 113 cm³/mol. The molecule has 2 N–H and O–H groups in total. The number of rotatable bonds is 8. The van der Waals surface area contributed by atoms with Gasteiger partial charge in [-0.15, -0.1) is 0 Å². The maximum Gasteiger partial charge on any atom is 0.144 e. The van der Waals surface area contributed by atoms with Gasteiger partial charge < -0.3 is 20.0 Å². The second kappa shape index (κ2) is 10.1. The molecule has 8 heteroatoms. The van der Waals surface area contributed by atoms with Crippen molar-refractivity contribution in [3.05, 3.63) is 69.2 Å². The summed E-state index contributed by atoms with van der Waals surface area (Å²) in [6.45, 7) is 1.33. The van der Waals surface area contributed by atoms with Crippen LogP contribution >= 0.6 is 34.8 Å². The minimum absolute atomic E-state index is 0.0539. The maximum absolute atomic E-state index is 9.96. The number of benzene rings is 2. The van der Waals surface area contributed by atoms with E-state index in [4.69, 9.17) is 44.4 Å². The number of aliphatic hydroxyl groups is 1. The summed E-state index contributed by atoms with van der Waals surface area (Å²) < 4.78 is 5.63. The Hall–Kier alpha value is -1.76. The van der Waals surface area contributed by atoms with Gasteiger partial charge >= 0.3 is 0 Å². The van der Waals surface area contributed by atoms with E-state index in [1.807, 2.05) is 24.3 Å². The SMILES string of the molecule is OC(CNCc1ccc(Cl)cc1)CO/N=C\C1=C(Cl)c2cc(Cl)ccc2OC1. The Morgan fingerprint density at radius 2 is 1.89 bits per heavy atom. The molecule has 0 amide bonds. The minimum Gasteiger partial charge on any atom is -0.488 e. The summed E-state index contributed by atoms with van der Waals surface area (Å²) in [5.74, 6) is 0.676. The van der Waals surface area contributed by atoms with Crippen LogP contribution in [0.2, 0.25) is 10.0 Å². The van der Waals surface area contributed by atoms with E-state index in [-0.39, 0.29) is 13.2 Å². The molecule has 5 nitrogen and oxygen atoms in total. The average Bonchev–Trinajstić information content (AvgIpc) is 2.69. The van der Waals surface area contributed by atoms with E-state index >= 15 is 0 Å². The van der Waals surface area contributed by atoms with E-state index in [9.17, 15) is 5.11 Å². The van der Waals surface area contributed by atoms with Gasteiger partial charge in [-0.05, 0) is 35.9 Å². The van der Waals surface area contributed by atoms with E-state index in [0.29, 0.717) is 45.1 Å². The first-order chi connectivity index (χ1) is 13.5. The average molecular weight is 442 g/mol. The van der Waals surface area contributed by atoms with Gasteiger partial charge in [0.15, 0.2) is 0 Å². The number of halogens is 3. The highest BCUT2D eigenvalue weighted by atomic mass is 35.5. The zero-order valence-electron chi connectivity index (χ0n) is 14.9. The molecule has 2 aromatic rings. The summed E-state index contributed by atoms with van der Waals surface area (Å²) in [6.07, 6.45) is 0.788. The number of hydrogen-bond donors (Lipinski definition) is 2. The van der Waals surface area contributed by atoms with E-state index in [0.717, 1.165) is 5.56 Å². The monoisotopic (exact) mass is 440 g/mol. The van der Waals surface area contributed by atoms with Crippen LogP contribution in [0.3, 0.4) is 0 Å². The third kappa shape index (κ3) is 5.87. The lowest BCUT2D eigenvalue weighted by Crippen LogP contribution is -2.29. The molecule has 0 aliphatic carbocycles. The molecular weight excluding hydrogens is 423 g/mol. The number of fused-ring (bicyclic) bond motifs is 1. The fourth-order valence-electron chi connectivity index (χ4n) is 2.56. The highest BCUT2D eigenvalue weighted by molar-refractivity contribution is 6.51. The summed E-state index contributed by atoms with van der Waals surface area (Å²) >= 11 is 18.2. The third-order valence-electron chi connectivity index (χ3n) is 4.02. The zero-order valence-corrected chi connectivity index (χ0v) is 17.1. The Bertz CT molecular complexity index is 869. The van der Waals surface area contributed by atoms with Crippen molar-refractivity contribution in [2.24, 2.45) is 5.16 Å². The van der Waals surface area contributed by atoms with E-state index in [1.165, 1.54) is 6.21 Å². The Morgan fingerprint density at radius 1 is 1.14 bits per heavy atom. The molecule has 0 spiro atoms. The number of nitrogens with zero attached hydrogens (tertiary/aromatic N) is 1. The van der Waals surface area contributed by atoms with Crippen LogP contribution in [0.25, 0.3) is 5.03 Å². The first-order valence-corrected chi connectivity index (χ1v) is 9.76. The number of oxime groups is 1. The first kappa shape index (κ1) is 21.0. The maximum atomic E-state index is 9.96. The fraction of sp³-hybridized carbons (Fsp3) is 0.250. The van der Waals surface area contributed by atoms with Gasteiger partial charge in [0, 0.05) is 34.3 Å². The van der Waals surface area contributed by atoms with Crippen molar-refractivity contribution in [1.82, 2.24) is 5.32 Å². The fourth-order valence-corrected chi connectivity index (χ4v) is 3.11. The van der Waals surface area contributed by atoms with Crippen LogP contribution in [0.5, 0.6) is 5.75 Å². The summed E-state index contributed by atoms with van der Waals surface area (Å²) in [7, 11) is 0. The zero-order chi connectivity index (χ0) is 19.9. The molecule has 1 atom stereocenters. The number of hydrogen-bond acceptors (Lipinski definition) is 5. The molecule has 1 unspecified atom stereocenters. The largest absolute Gasteiger partial charge is 0.488 e. The number of ether oxygens (including phenoxy) is 1. The van der Waals surface area contributed by atoms with Crippen molar-refractivity contribution in [1.29, 1.82) is 0 Å². The van der Waals surface area contributed by atoms with Crippen LogP contribution in [0.1, 0.15) is 11.1 Å². The van der Waals surface area contributed by atoms with Crippen LogP contribution in [0.4, 0.5) is 0 Å². The Morgan fingerprint density at radius 3 is 2.68 bits per heavy atom. The lowest BCUT2D eigenvalue weighted by molar-refractivity contribution is 0.0408. The van der Waals surface area contributed by atoms with Crippen LogP contribution in [-0.4, -0.2) is 37.2 Å². The van der Waals surface area contributed by atoms with Crippen LogP contribution in [-0.2, 0) is 11.4 Å². The molecular formula is C20H19Cl3N2O3. The van der Waals surface area contributed by atoms with Gasteiger partial charge in [-0.2, -0.15) is 0 Å². The van der Waals surface area contributed by atoms with Gasteiger partial charge in [-0.25, -0.2) is 0 Å². The summed E-state index contributed by atoms with van der Waals surface area (Å²) in [5, 5.41) is 18.8. The Labute approximate surface area is 178 Å². The summed E-state index contributed by atoms with van der Waals surface area (Å²) in [4.78, 5) is 5.16. The molecule has 0 saturated carbocycles. The smallest absolute Gasteiger partial charge is 0.144 e. The highest BCUT2D eigenvalue weighted by Crippen LogP contribution is 2.36. The van der Waals surface area contributed by atoms with Gasteiger partial charge in [0.05, 0.1) is 11.2 Å². The summed E-state index contributed by atoms with van der Waals surface area (Å²) in [6, 6.07) is 12.8. The molecule has 1 heterocycles. The van der Waals surface area contributed by atoms with Gasteiger partial charge in [0.1, 0.15) is 25.1 Å². The normalized spacial score (nSPS) is 14.7. The Kier molecular flexibility index (Phi) is 7.59. The molecule has 2 aromatic carbocycles. The quantitative estimate of drug-likeness (QED) is 0.468. The molecule has 0 radical (unpaired) electrons. The molecule has 0 saturated heterocycles. The molecule has 148 valence electrons. The topological polar surface area (TPSA) is 63.1 Å². The molecule has 0 aromatic heterocycles. The second-order valence-corrected chi connectivity index (χ2v) is 7.46. The lowest BCUT2D eigenvalue weighted by Gasteiger charge is -2.18. The first-order valence-electron chi connectivity index (χ1n) is 8.63. The lowest BCUT2D eigenvalue weighted by atomic mass is 10.1. The van der Waals surface area contributed by atoms with Gasteiger partial charge in [0.2, 0.25) is 0 Å². The molecule has 0 fully saturated rings. The van der Waals surface area contributed by atoms with Crippen molar-refractivity contribution in [2.75, 3.05) is 19.8 Å². The minimum atomic E-state index is -0.698. The van der Waals surface area contributed by atoms with Crippen molar-refractivity contribution in [3.63, 3.8) is 0 Å². The van der Waals surface area contributed by atoms with Crippen molar-refractivity contribution in [2.45, 2.75) is 12.6 Å². The van der Waals surface area contributed by atoms with E-state index in [1.54, 1.807) is 18.2 Å².